The molecule has 0 aliphatic rings. The molecule has 102 valence electrons. The average molecular weight is 262 g/mol. The van der Waals surface area contributed by atoms with Gasteiger partial charge >= 0.3 is 5.69 Å². The van der Waals surface area contributed by atoms with Gasteiger partial charge in [-0.15, -0.1) is 6.42 Å². The minimum Gasteiger partial charge on any atom is -0.487 e. The lowest BCUT2D eigenvalue weighted by Crippen LogP contribution is -2.28. The van der Waals surface area contributed by atoms with Gasteiger partial charge in [-0.2, -0.15) is 0 Å². The summed E-state index contributed by atoms with van der Waals surface area (Å²) >= 11 is 0. The number of rotatable bonds is 6. The van der Waals surface area contributed by atoms with Crippen LogP contribution in [0.4, 0.5) is 11.4 Å². The van der Waals surface area contributed by atoms with E-state index in [9.17, 15) is 10.1 Å². The van der Waals surface area contributed by atoms with Crippen LogP contribution in [-0.2, 0) is 0 Å². The van der Waals surface area contributed by atoms with Gasteiger partial charge in [0.05, 0.1) is 17.1 Å². The summed E-state index contributed by atoms with van der Waals surface area (Å²) in [6.45, 7) is 6.07. The van der Waals surface area contributed by atoms with Gasteiger partial charge in [0.15, 0.2) is 5.75 Å². The molecule has 1 rings (SSSR count). The Labute approximate surface area is 113 Å². The number of nitrogens with zero attached hydrogens (tertiary/aromatic N) is 1. The number of terminal acetylenes is 1. The van der Waals surface area contributed by atoms with Crippen LogP contribution < -0.4 is 10.1 Å². The summed E-state index contributed by atoms with van der Waals surface area (Å²) in [6.07, 6.45) is 6.18. The third-order valence-electron chi connectivity index (χ3n) is 2.44. The first-order chi connectivity index (χ1) is 8.89. The second-order valence-corrected chi connectivity index (χ2v) is 4.68. The van der Waals surface area contributed by atoms with E-state index in [0.29, 0.717) is 12.3 Å². The molecule has 0 bridgehead atoms. The number of hydrogen-bond donors (Lipinski definition) is 1. The van der Waals surface area contributed by atoms with Crippen molar-refractivity contribution in [3.63, 3.8) is 0 Å². The Bertz CT molecular complexity index is 504. The Morgan fingerprint density at radius 3 is 2.74 bits per heavy atom. The van der Waals surface area contributed by atoms with Crippen molar-refractivity contribution >= 4 is 11.4 Å². The highest BCUT2D eigenvalue weighted by molar-refractivity contribution is 5.59. The van der Waals surface area contributed by atoms with Crippen molar-refractivity contribution in [3.05, 3.63) is 28.3 Å². The molecule has 0 aromatic heterocycles. The molecule has 0 saturated heterocycles. The molecule has 0 radical (unpaired) electrons. The predicted molar refractivity (Wildman–Crippen MR) is 75.4 cm³/mol. The van der Waals surface area contributed by atoms with Crippen molar-refractivity contribution in [2.75, 3.05) is 11.9 Å². The van der Waals surface area contributed by atoms with Crippen LogP contribution in [0.3, 0.4) is 0 Å². The third-order valence-corrected chi connectivity index (χ3v) is 2.44. The topological polar surface area (TPSA) is 64.4 Å². The zero-order valence-electron chi connectivity index (χ0n) is 11.4. The Hall–Kier alpha value is -2.22. The van der Waals surface area contributed by atoms with Crippen molar-refractivity contribution in [1.82, 2.24) is 0 Å². The molecule has 0 amide bonds. The zero-order chi connectivity index (χ0) is 14.5. The van der Waals surface area contributed by atoms with Crippen LogP contribution in [-0.4, -0.2) is 17.1 Å². The van der Waals surface area contributed by atoms with E-state index in [1.54, 1.807) is 12.1 Å². The highest BCUT2D eigenvalue weighted by Gasteiger charge is 2.18. The van der Waals surface area contributed by atoms with Crippen LogP contribution >= 0.6 is 0 Å². The maximum absolute atomic E-state index is 10.9. The summed E-state index contributed by atoms with van der Waals surface area (Å²) in [6, 6.07) is 4.64. The molecule has 0 heterocycles. The van der Waals surface area contributed by atoms with Gasteiger partial charge in [0.1, 0.15) is 0 Å². The lowest BCUT2D eigenvalue weighted by atomic mass is 10.1. The van der Waals surface area contributed by atoms with Crippen LogP contribution in [0, 0.1) is 22.5 Å². The Kier molecular flexibility index (Phi) is 4.76. The van der Waals surface area contributed by atoms with Crippen molar-refractivity contribution in [2.45, 2.75) is 32.7 Å². The molecule has 0 aliphatic heterocycles. The minimum atomic E-state index is -0.530. The molecule has 0 atom stereocenters. The van der Waals surface area contributed by atoms with E-state index in [1.807, 2.05) is 20.8 Å². The maximum Gasteiger partial charge on any atom is 0.311 e. The summed E-state index contributed by atoms with van der Waals surface area (Å²) in [7, 11) is 0. The molecule has 0 aliphatic carbocycles. The standard InChI is InChI=1S/C14H18N2O3/c1-5-9-19-13-10-11(15-14(3,4)6-2)7-8-12(13)16(17)18/h2,7-8,10,15H,5,9H2,1,3-4H3. The second-order valence-electron chi connectivity index (χ2n) is 4.68. The number of nitrogens with one attached hydrogen (secondary N) is 1. The quantitative estimate of drug-likeness (QED) is 0.485. The van der Waals surface area contributed by atoms with E-state index in [-0.39, 0.29) is 11.4 Å². The SMILES string of the molecule is C#CC(C)(C)Nc1ccc([N+](=O)[O-])c(OCCC)c1. The molecular weight excluding hydrogens is 244 g/mol. The summed E-state index contributed by atoms with van der Waals surface area (Å²) in [5, 5.41) is 14.0. The van der Waals surface area contributed by atoms with E-state index in [0.717, 1.165) is 6.42 Å². The summed E-state index contributed by atoms with van der Waals surface area (Å²) < 4.78 is 5.40. The number of nitro benzene ring substituents is 1. The Morgan fingerprint density at radius 2 is 2.21 bits per heavy atom. The predicted octanol–water partition coefficient (Wildman–Crippen LogP) is 3.21. The van der Waals surface area contributed by atoms with Gasteiger partial charge in [-0.05, 0) is 26.3 Å². The molecule has 19 heavy (non-hydrogen) atoms. The summed E-state index contributed by atoms with van der Waals surface area (Å²) in [5.41, 5.74) is 0.121. The van der Waals surface area contributed by atoms with Crippen LogP contribution in [0.5, 0.6) is 5.75 Å². The van der Waals surface area contributed by atoms with E-state index in [2.05, 4.69) is 11.2 Å². The molecule has 1 aromatic rings. The molecular formula is C14H18N2O3. The van der Waals surface area contributed by atoms with Crippen LogP contribution in [0.2, 0.25) is 0 Å². The average Bonchev–Trinajstić information content (AvgIpc) is 2.35. The fraction of sp³-hybridized carbons (Fsp3) is 0.429. The largest absolute Gasteiger partial charge is 0.487 e. The number of nitro groups is 1. The molecule has 5 nitrogen and oxygen atoms in total. The van der Waals surface area contributed by atoms with Crippen molar-refractivity contribution in [2.24, 2.45) is 0 Å². The Morgan fingerprint density at radius 1 is 1.53 bits per heavy atom. The first-order valence-corrected chi connectivity index (χ1v) is 6.07. The summed E-state index contributed by atoms with van der Waals surface area (Å²) in [4.78, 5) is 10.5. The second kappa shape index (κ2) is 6.10. The highest BCUT2D eigenvalue weighted by Crippen LogP contribution is 2.31. The smallest absolute Gasteiger partial charge is 0.311 e. The van der Waals surface area contributed by atoms with Gasteiger partial charge in [0.25, 0.3) is 0 Å². The number of anilines is 1. The van der Waals surface area contributed by atoms with Gasteiger partial charge in [-0.1, -0.05) is 12.8 Å². The summed E-state index contributed by atoms with van der Waals surface area (Å²) in [5.74, 6) is 2.86. The molecule has 0 fully saturated rings. The van der Waals surface area contributed by atoms with Crippen molar-refractivity contribution in [1.29, 1.82) is 0 Å². The molecule has 0 saturated carbocycles. The van der Waals surface area contributed by atoms with Gasteiger partial charge in [-0.3, -0.25) is 10.1 Å². The zero-order valence-corrected chi connectivity index (χ0v) is 11.4. The number of benzene rings is 1. The molecule has 5 heteroatoms. The normalized spacial score (nSPS) is 10.6. The van der Waals surface area contributed by atoms with E-state index in [4.69, 9.17) is 11.2 Å². The van der Waals surface area contributed by atoms with Crippen LogP contribution in [0.15, 0.2) is 18.2 Å². The van der Waals surface area contributed by atoms with Gasteiger partial charge in [-0.25, -0.2) is 0 Å². The number of hydrogen-bond acceptors (Lipinski definition) is 4. The Balaban J connectivity index is 3.04. The lowest BCUT2D eigenvalue weighted by Gasteiger charge is -2.21. The van der Waals surface area contributed by atoms with Crippen LogP contribution in [0.1, 0.15) is 27.2 Å². The van der Waals surface area contributed by atoms with Gasteiger partial charge in [0, 0.05) is 17.8 Å². The van der Waals surface area contributed by atoms with E-state index >= 15 is 0 Å². The maximum atomic E-state index is 10.9. The van der Waals surface area contributed by atoms with Gasteiger partial charge < -0.3 is 10.1 Å². The molecule has 1 N–H and O–H groups in total. The first-order valence-electron chi connectivity index (χ1n) is 6.07. The third kappa shape index (κ3) is 4.18. The fourth-order valence-corrected chi connectivity index (χ4v) is 1.47. The monoisotopic (exact) mass is 262 g/mol. The van der Waals surface area contributed by atoms with Crippen molar-refractivity contribution in [3.8, 4) is 18.1 Å². The van der Waals surface area contributed by atoms with E-state index in [1.165, 1.54) is 6.07 Å². The highest BCUT2D eigenvalue weighted by atomic mass is 16.6. The van der Waals surface area contributed by atoms with Gasteiger partial charge in [0.2, 0.25) is 0 Å². The first kappa shape index (κ1) is 14.8. The minimum absolute atomic E-state index is 0.0440. The van der Waals surface area contributed by atoms with Crippen molar-refractivity contribution < 1.29 is 9.66 Å². The molecule has 1 aromatic carbocycles. The fourth-order valence-electron chi connectivity index (χ4n) is 1.47. The van der Waals surface area contributed by atoms with E-state index < -0.39 is 10.5 Å². The number of ether oxygens (including phenoxy) is 1. The van der Waals surface area contributed by atoms with Crippen LogP contribution in [0.25, 0.3) is 0 Å². The molecule has 0 unspecified atom stereocenters. The molecule has 0 spiro atoms. The lowest BCUT2D eigenvalue weighted by molar-refractivity contribution is -0.385.